The quantitative estimate of drug-likeness (QED) is 0.498. The largest absolute Gasteiger partial charge is 0.390 e. The lowest BCUT2D eigenvalue weighted by atomic mass is 10.0. The molecule has 2 aliphatic heterocycles. The van der Waals surface area contributed by atoms with E-state index in [1.807, 2.05) is 0 Å². The average molecular weight is 278 g/mol. The molecule has 0 aliphatic carbocycles. The van der Waals surface area contributed by atoms with Crippen molar-refractivity contribution in [1.82, 2.24) is 0 Å². The second-order valence-corrected chi connectivity index (χ2v) is 5.26. The van der Waals surface area contributed by atoms with E-state index in [0.717, 1.165) is 0 Å². The molecule has 7 nitrogen and oxygen atoms in total. The summed E-state index contributed by atoms with van der Waals surface area (Å²) in [6, 6.07) is 0. The Morgan fingerprint density at radius 1 is 0.789 bits per heavy atom. The predicted octanol–water partition coefficient (Wildman–Crippen LogP) is -1.28. The van der Waals surface area contributed by atoms with Gasteiger partial charge in [-0.05, 0) is 13.8 Å². The Morgan fingerprint density at radius 2 is 1.16 bits per heavy atom. The van der Waals surface area contributed by atoms with Crippen molar-refractivity contribution >= 4 is 0 Å². The molecule has 2 saturated heterocycles. The molecule has 0 bridgehead atoms. The first-order valence-corrected chi connectivity index (χ1v) is 6.57. The topological polar surface area (TPSA) is 109 Å². The van der Waals surface area contributed by atoms with Crippen molar-refractivity contribution in [3.8, 4) is 0 Å². The SMILES string of the molecule is C[C@H]1O[C@H](O[C@@H]2C[C@H](O)[C@@H](O)[C@@H](C)O2)C[C@@H](O)[C@H]1O. The Hall–Kier alpha value is -0.280. The first kappa shape index (κ1) is 15.1. The summed E-state index contributed by atoms with van der Waals surface area (Å²) < 4.78 is 16.3. The maximum absolute atomic E-state index is 9.65. The van der Waals surface area contributed by atoms with E-state index in [0.29, 0.717) is 0 Å². The van der Waals surface area contributed by atoms with E-state index in [4.69, 9.17) is 14.2 Å². The van der Waals surface area contributed by atoms with Gasteiger partial charge in [-0.3, -0.25) is 0 Å². The van der Waals surface area contributed by atoms with Gasteiger partial charge in [0.2, 0.25) is 0 Å². The normalized spacial score (nSPS) is 52.1. The van der Waals surface area contributed by atoms with Gasteiger partial charge in [-0.15, -0.1) is 0 Å². The third kappa shape index (κ3) is 3.43. The van der Waals surface area contributed by atoms with Crippen LogP contribution in [-0.4, -0.2) is 69.6 Å². The van der Waals surface area contributed by atoms with Crippen molar-refractivity contribution < 1.29 is 34.6 Å². The summed E-state index contributed by atoms with van der Waals surface area (Å²) in [5, 5.41) is 38.4. The predicted molar refractivity (Wildman–Crippen MR) is 63.0 cm³/mol. The van der Waals surface area contributed by atoms with Crippen LogP contribution in [0.1, 0.15) is 26.7 Å². The van der Waals surface area contributed by atoms with Crippen molar-refractivity contribution in [2.75, 3.05) is 0 Å². The van der Waals surface area contributed by atoms with Gasteiger partial charge in [0.15, 0.2) is 12.6 Å². The van der Waals surface area contributed by atoms with Crippen LogP contribution in [0.5, 0.6) is 0 Å². The van der Waals surface area contributed by atoms with Crippen LogP contribution >= 0.6 is 0 Å². The van der Waals surface area contributed by atoms with Gasteiger partial charge in [-0.2, -0.15) is 0 Å². The third-order valence-corrected chi connectivity index (χ3v) is 3.65. The first-order chi connectivity index (χ1) is 8.88. The molecule has 0 aromatic heterocycles. The Balaban J connectivity index is 1.88. The Bertz CT molecular complexity index is 248. The van der Waals surface area contributed by atoms with Crippen molar-refractivity contribution in [2.45, 2.75) is 75.9 Å². The highest BCUT2D eigenvalue weighted by Gasteiger charge is 2.39. The molecule has 0 amide bonds. The van der Waals surface area contributed by atoms with E-state index in [-0.39, 0.29) is 12.8 Å². The second-order valence-electron chi connectivity index (χ2n) is 5.26. The van der Waals surface area contributed by atoms with Crippen LogP contribution in [0, 0.1) is 0 Å². The van der Waals surface area contributed by atoms with Crippen LogP contribution in [0.15, 0.2) is 0 Å². The molecule has 2 fully saturated rings. The summed E-state index contributed by atoms with van der Waals surface area (Å²) in [4.78, 5) is 0. The summed E-state index contributed by atoms with van der Waals surface area (Å²) in [5.41, 5.74) is 0. The lowest BCUT2D eigenvalue weighted by Crippen LogP contribution is -2.52. The molecule has 0 spiro atoms. The minimum absolute atomic E-state index is 0.137. The number of ether oxygens (including phenoxy) is 3. The van der Waals surface area contributed by atoms with Crippen LogP contribution in [0.3, 0.4) is 0 Å². The third-order valence-electron chi connectivity index (χ3n) is 3.65. The zero-order valence-electron chi connectivity index (χ0n) is 11.0. The molecule has 7 heteroatoms. The van der Waals surface area contributed by atoms with Gasteiger partial charge in [0.25, 0.3) is 0 Å². The fraction of sp³-hybridized carbons (Fsp3) is 1.00. The lowest BCUT2D eigenvalue weighted by molar-refractivity contribution is -0.326. The van der Waals surface area contributed by atoms with Gasteiger partial charge < -0.3 is 34.6 Å². The average Bonchev–Trinajstić information content (AvgIpc) is 2.33. The molecule has 2 heterocycles. The van der Waals surface area contributed by atoms with Crippen molar-refractivity contribution in [3.63, 3.8) is 0 Å². The van der Waals surface area contributed by atoms with Gasteiger partial charge in [0.1, 0.15) is 12.2 Å². The monoisotopic (exact) mass is 278 g/mol. The molecule has 8 atom stereocenters. The second kappa shape index (κ2) is 6.01. The number of hydrogen-bond donors (Lipinski definition) is 4. The molecular weight excluding hydrogens is 256 g/mol. The number of aliphatic hydroxyl groups is 4. The van der Waals surface area contributed by atoms with Crippen LogP contribution in [0.2, 0.25) is 0 Å². The van der Waals surface area contributed by atoms with Gasteiger partial charge in [0, 0.05) is 12.8 Å². The zero-order chi connectivity index (χ0) is 14.2. The molecule has 0 unspecified atom stereocenters. The van der Waals surface area contributed by atoms with E-state index in [1.54, 1.807) is 13.8 Å². The molecule has 0 saturated carbocycles. The highest BCUT2D eigenvalue weighted by atomic mass is 16.8. The van der Waals surface area contributed by atoms with E-state index >= 15 is 0 Å². The molecule has 2 aliphatic rings. The van der Waals surface area contributed by atoms with Crippen LogP contribution < -0.4 is 0 Å². The first-order valence-electron chi connectivity index (χ1n) is 6.57. The zero-order valence-corrected chi connectivity index (χ0v) is 11.0. The lowest BCUT2D eigenvalue weighted by Gasteiger charge is -2.40. The van der Waals surface area contributed by atoms with Gasteiger partial charge in [-0.1, -0.05) is 0 Å². The van der Waals surface area contributed by atoms with E-state index < -0.39 is 49.2 Å². The van der Waals surface area contributed by atoms with Crippen LogP contribution in [-0.2, 0) is 14.2 Å². The summed E-state index contributed by atoms with van der Waals surface area (Å²) in [6.07, 6.45) is -5.89. The van der Waals surface area contributed by atoms with E-state index in [2.05, 4.69) is 0 Å². The highest BCUT2D eigenvalue weighted by molar-refractivity contribution is 4.82. The summed E-state index contributed by atoms with van der Waals surface area (Å²) >= 11 is 0. The van der Waals surface area contributed by atoms with Crippen molar-refractivity contribution in [2.24, 2.45) is 0 Å². The molecule has 0 radical (unpaired) electrons. The fourth-order valence-corrected chi connectivity index (χ4v) is 2.39. The Morgan fingerprint density at radius 3 is 1.47 bits per heavy atom. The molecule has 0 aromatic carbocycles. The minimum atomic E-state index is -0.932. The standard InChI is InChI=1S/C12H22O7/c1-5-11(15)7(13)3-9(17-5)19-10-4-8(14)12(16)6(2)18-10/h5-16H,3-4H2,1-2H3/t5-,6-,7-,8+,9-,10-,11+,12+/m1/s1. The summed E-state index contributed by atoms with van der Waals surface area (Å²) in [6.45, 7) is 3.29. The van der Waals surface area contributed by atoms with E-state index in [1.165, 1.54) is 0 Å². The molecule has 19 heavy (non-hydrogen) atoms. The fourth-order valence-electron chi connectivity index (χ4n) is 2.39. The molecule has 4 N–H and O–H groups in total. The van der Waals surface area contributed by atoms with E-state index in [9.17, 15) is 20.4 Å². The maximum Gasteiger partial charge on any atom is 0.163 e. The summed E-state index contributed by atoms with van der Waals surface area (Å²) in [7, 11) is 0. The van der Waals surface area contributed by atoms with Crippen molar-refractivity contribution in [3.05, 3.63) is 0 Å². The maximum atomic E-state index is 9.65. The number of rotatable bonds is 2. The Kier molecular flexibility index (Phi) is 4.78. The van der Waals surface area contributed by atoms with Crippen molar-refractivity contribution in [1.29, 1.82) is 0 Å². The molecule has 2 rings (SSSR count). The number of hydrogen-bond acceptors (Lipinski definition) is 7. The molecule has 112 valence electrons. The summed E-state index contributed by atoms with van der Waals surface area (Å²) in [5.74, 6) is 0. The minimum Gasteiger partial charge on any atom is -0.390 e. The number of aliphatic hydroxyl groups excluding tert-OH is 4. The van der Waals surface area contributed by atoms with Crippen LogP contribution in [0.25, 0.3) is 0 Å². The van der Waals surface area contributed by atoms with Gasteiger partial charge >= 0.3 is 0 Å². The highest BCUT2D eigenvalue weighted by Crippen LogP contribution is 2.26. The van der Waals surface area contributed by atoms with Gasteiger partial charge in [0.05, 0.1) is 24.4 Å². The van der Waals surface area contributed by atoms with Crippen LogP contribution in [0.4, 0.5) is 0 Å². The Labute approximate surface area is 111 Å². The smallest absolute Gasteiger partial charge is 0.163 e. The molecular formula is C12H22O7. The molecule has 0 aromatic rings. The van der Waals surface area contributed by atoms with Gasteiger partial charge in [-0.25, -0.2) is 0 Å².